The Balaban J connectivity index is 4.47. The normalized spacial score (nSPS) is 12.8. The number of carbonyl (C=O) groups excluding carboxylic acids is 3. The second-order valence-corrected chi connectivity index (χ2v) is 18.6. The Hall–Kier alpha value is -3.67. The minimum absolute atomic E-state index is 0.0920. The Morgan fingerprint density at radius 2 is 0.618 bits per heavy atom. The highest BCUT2D eigenvalue weighted by atomic mass is 16.6. The zero-order valence-corrected chi connectivity index (χ0v) is 44.3. The van der Waals surface area contributed by atoms with E-state index in [9.17, 15) is 14.4 Å². The number of rotatable bonds is 50. The molecule has 0 heterocycles. The summed E-state index contributed by atoms with van der Waals surface area (Å²) in [6, 6.07) is 0. The van der Waals surface area contributed by atoms with Crippen molar-refractivity contribution in [3.63, 3.8) is 0 Å². The summed E-state index contributed by atoms with van der Waals surface area (Å²) in [5.74, 6) is -0.927. The lowest BCUT2D eigenvalue weighted by Gasteiger charge is -2.18. The van der Waals surface area contributed by atoms with Crippen molar-refractivity contribution < 1.29 is 28.6 Å². The third-order valence-electron chi connectivity index (χ3n) is 11.9. The van der Waals surface area contributed by atoms with E-state index >= 15 is 0 Å². The van der Waals surface area contributed by atoms with Gasteiger partial charge in [0.1, 0.15) is 13.2 Å². The second-order valence-electron chi connectivity index (χ2n) is 18.6. The number of allylic oxidation sites excluding steroid dienone is 16. The average Bonchev–Trinajstić information content (AvgIpc) is 3.34. The van der Waals surface area contributed by atoms with E-state index in [0.29, 0.717) is 19.3 Å². The van der Waals surface area contributed by atoms with Gasteiger partial charge >= 0.3 is 17.9 Å². The third kappa shape index (κ3) is 53.3. The van der Waals surface area contributed by atoms with Crippen LogP contribution in [0.15, 0.2) is 97.2 Å². The van der Waals surface area contributed by atoms with Gasteiger partial charge in [-0.3, -0.25) is 14.4 Å². The third-order valence-corrected chi connectivity index (χ3v) is 11.9. The summed E-state index contributed by atoms with van der Waals surface area (Å²) in [5.41, 5.74) is 0. The minimum atomic E-state index is -0.796. The van der Waals surface area contributed by atoms with Crippen molar-refractivity contribution in [1.82, 2.24) is 0 Å². The lowest BCUT2D eigenvalue weighted by molar-refractivity contribution is -0.167. The molecule has 0 bridgehead atoms. The average molecular weight is 946 g/mol. The Kier molecular flexibility index (Phi) is 52.9. The largest absolute Gasteiger partial charge is 0.462 e. The zero-order chi connectivity index (χ0) is 49.3. The van der Waals surface area contributed by atoms with Gasteiger partial charge in [0.25, 0.3) is 0 Å². The first-order valence-electron chi connectivity index (χ1n) is 28.3. The molecule has 0 aliphatic rings. The molecule has 0 aromatic rings. The van der Waals surface area contributed by atoms with Crippen LogP contribution in [0.5, 0.6) is 0 Å². The van der Waals surface area contributed by atoms with Crippen molar-refractivity contribution in [3.8, 4) is 0 Å². The molecule has 0 radical (unpaired) electrons. The molecule has 0 spiro atoms. The number of ether oxygens (including phenoxy) is 3. The van der Waals surface area contributed by atoms with E-state index in [0.717, 1.165) is 96.3 Å². The highest BCUT2D eigenvalue weighted by molar-refractivity contribution is 5.71. The zero-order valence-electron chi connectivity index (χ0n) is 44.3. The first kappa shape index (κ1) is 64.3. The van der Waals surface area contributed by atoms with Gasteiger partial charge in [0.2, 0.25) is 0 Å². The molecule has 0 saturated carbocycles. The van der Waals surface area contributed by atoms with E-state index < -0.39 is 6.10 Å². The molecule has 6 heteroatoms. The fourth-order valence-electron chi connectivity index (χ4n) is 7.61. The molecule has 0 rings (SSSR count). The fourth-order valence-corrected chi connectivity index (χ4v) is 7.61. The Morgan fingerprint density at radius 3 is 1.04 bits per heavy atom. The number of carbonyl (C=O) groups is 3. The Morgan fingerprint density at radius 1 is 0.309 bits per heavy atom. The first-order valence-corrected chi connectivity index (χ1v) is 28.3. The van der Waals surface area contributed by atoms with Crippen molar-refractivity contribution in [1.29, 1.82) is 0 Å². The summed E-state index contributed by atoms with van der Waals surface area (Å²) in [4.78, 5) is 38.2. The molecule has 0 aliphatic heterocycles. The molecule has 0 amide bonds. The van der Waals surface area contributed by atoms with Crippen LogP contribution < -0.4 is 0 Å². The predicted octanol–water partition coefficient (Wildman–Crippen LogP) is 18.9. The minimum Gasteiger partial charge on any atom is -0.462 e. The molecule has 1 atom stereocenters. The fraction of sp³-hybridized carbons (Fsp3) is 0.694. The van der Waals surface area contributed by atoms with Crippen molar-refractivity contribution in [2.75, 3.05) is 13.2 Å². The van der Waals surface area contributed by atoms with Crippen molar-refractivity contribution in [2.24, 2.45) is 0 Å². The van der Waals surface area contributed by atoms with Gasteiger partial charge in [-0.2, -0.15) is 0 Å². The van der Waals surface area contributed by atoms with E-state index in [1.165, 1.54) is 122 Å². The number of unbranched alkanes of at least 4 members (excludes halogenated alkanes) is 27. The van der Waals surface area contributed by atoms with E-state index in [-0.39, 0.29) is 31.1 Å². The van der Waals surface area contributed by atoms with Crippen LogP contribution in [0.2, 0.25) is 0 Å². The molecule has 1 unspecified atom stereocenters. The van der Waals surface area contributed by atoms with Crippen molar-refractivity contribution in [3.05, 3.63) is 97.2 Å². The lowest BCUT2D eigenvalue weighted by atomic mass is 10.1. The molecule has 0 N–H and O–H groups in total. The van der Waals surface area contributed by atoms with Crippen LogP contribution in [0, 0.1) is 0 Å². The molecule has 68 heavy (non-hydrogen) atoms. The Labute approximate surface area is 419 Å². The van der Waals surface area contributed by atoms with Crippen LogP contribution >= 0.6 is 0 Å². The molecule has 6 nitrogen and oxygen atoms in total. The standard InChI is InChI=1S/C62H104O6/c1-4-7-10-13-16-19-22-25-28-30-32-34-37-40-43-46-49-52-55-61(64)67-58-59(57-66-60(63)54-51-48-45-42-39-36-33-27-24-21-18-15-12-9-6-3)68-62(65)56-53-50-47-44-41-38-35-31-29-26-23-20-17-14-11-8-5-2/h10,13,16-17,19-22,24-26,28-30,32,34,59H,4-9,11-12,14-15,18,23,27,31,33,35-58H2,1-3H3/b13-10-,19-16-,20-17-,24-21-,25-22-,29-26-,30-28-,34-32-. The maximum Gasteiger partial charge on any atom is 0.306 e. The molecule has 0 fully saturated rings. The molecule has 0 aromatic heterocycles. The highest BCUT2D eigenvalue weighted by Gasteiger charge is 2.19. The van der Waals surface area contributed by atoms with E-state index in [2.05, 4.69) is 93.7 Å². The SMILES string of the molecule is CCC\C=C/C=C\C=C/C=C\C=C/CCCCCCCC(=O)OCC(COC(=O)CCCCCCCCC/C=C\CCCCCC)OC(=O)CCCCCCCCC/C=C\C/C=C\CCCCC. The quantitative estimate of drug-likeness (QED) is 0.0199. The summed E-state index contributed by atoms with van der Waals surface area (Å²) < 4.78 is 16.8. The first-order chi connectivity index (χ1) is 33.5. The van der Waals surface area contributed by atoms with Crippen LogP contribution in [0.3, 0.4) is 0 Å². The second kappa shape index (κ2) is 55.9. The van der Waals surface area contributed by atoms with Gasteiger partial charge in [-0.15, -0.1) is 0 Å². The smallest absolute Gasteiger partial charge is 0.306 e. The van der Waals surface area contributed by atoms with Crippen molar-refractivity contribution in [2.45, 2.75) is 264 Å². The summed E-state index contributed by atoms with van der Waals surface area (Å²) >= 11 is 0. The Bertz CT molecular complexity index is 1360. The van der Waals surface area contributed by atoms with Gasteiger partial charge in [-0.1, -0.05) is 240 Å². The molecule has 0 aliphatic carbocycles. The lowest BCUT2D eigenvalue weighted by Crippen LogP contribution is -2.30. The van der Waals surface area contributed by atoms with E-state index in [1.54, 1.807) is 0 Å². The predicted molar refractivity (Wildman–Crippen MR) is 293 cm³/mol. The monoisotopic (exact) mass is 945 g/mol. The summed E-state index contributed by atoms with van der Waals surface area (Å²) in [6.45, 7) is 6.49. The maximum absolute atomic E-state index is 12.9. The van der Waals surface area contributed by atoms with E-state index in [1.807, 2.05) is 24.3 Å². The van der Waals surface area contributed by atoms with Crippen LogP contribution in [0.1, 0.15) is 258 Å². The highest BCUT2D eigenvalue weighted by Crippen LogP contribution is 2.14. The molecular weight excluding hydrogens is 841 g/mol. The number of hydrogen-bond donors (Lipinski definition) is 0. The number of esters is 3. The van der Waals surface area contributed by atoms with Gasteiger partial charge < -0.3 is 14.2 Å². The molecule has 0 aromatic carbocycles. The van der Waals surface area contributed by atoms with Gasteiger partial charge in [0.15, 0.2) is 6.10 Å². The molecular formula is C62H104O6. The van der Waals surface area contributed by atoms with Crippen molar-refractivity contribution >= 4 is 17.9 Å². The van der Waals surface area contributed by atoms with E-state index in [4.69, 9.17) is 14.2 Å². The number of hydrogen-bond acceptors (Lipinski definition) is 6. The summed E-state index contributed by atoms with van der Waals surface area (Å²) in [6.07, 6.45) is 73.8. The topological polar surface area (TPSA) is 78.9 Å². The van der Waals surface area contributed by atoms with Gasteiger partial charge in [0.05, 0.1) is 0 Å². The summed E-state index contributed by atoms with van der Waals surface area (Å²) in [7, 11) is 0. The van der Waals surface area contributed by atoms with Crippen LogP contribution in [-0.2, 0) is 28.6 Å². The van der Waals surface area contributed by atoms with Crippen LogP contribution in [0.25, 0.3) is 0 Å². The van der Waals surface area contributed by atoms with Crippen LogP contribution in [-0.4, -0.2) is 37.2 Å². The van der Waals surface area contributed by atoms with Gasteiger partial charge in [0, 0.05) is 19.3 Å². The molecule has 388 valence electrons. The van der Waals surface area contributed by atoms with Crippen LogP contribution in [0.4, 0.5) is 0 Å². The summed E-state index contributed by atoms with van der Waals surface area (Å²) in [5, 5.41) is 0. The van der Waals surface area contributed by atoms with Gasteiger partial charge in [-0.25, -0.2) is 0 Å². The maximum atomic E-state index is 12.9. The van der Waals surface area contributed by atoms with Gasteiger partial charge in [-0.05, 0) is 96.3 Å². The molecule has 0 saturated heterocycles.